The normalized spacial score (nSPS) is 11.1. The minimum atomic E-state index is -0.295. The first-order chi connectivity index (χ1) is 15.6. The molecule has 0 atom stereocenters. The van der Waals surface area contributed by atoms with Gasteiger partial charge in [-0.3, -0.25) is 9.78 Å². The van der Waals surface area contributed by atoms with Gasteiger partial charge in [0.05, 0.1) is 5.56 Å². The largest absolute Gasteiger partial charge is 0.485 e. The van der Waals surface area contributed by atoms with Crippen LogP contribution in [0, 0.1) is 6.92 Å². The SMILES string of the molecule is Cc1onc(-c2ccc(Br)cc2)c1C(=O)c1cc2cccc(OCc3cccnc3)c2o1. The smallest absolute Gasteiger partial charge is 0.234 e. The summed E-state index contributed by atoms with van der Waals surface area (Å²) in [7, 11) is 0. The van der Waals surface area contributed by atoms with Crippen molar-refractivity contribution >= 4 is 32.7 Å². The zero-order valence-electron chi connectivity index (χ0n) is 17.0. The van der Waals surface area contributed by atoms with Crippen molar-refractivity contribution in [2.45, 2.75) is 13.5 Å². The predicted octanol–water partition coefficient (Wildman–Crippen LogP) is 6.36. The molecule has 32 heavy (non-hydrogen) atoms. The summed E-state index contributed by atoms with van der Waals surface area (Å²) in [6.45, 7) is 2.06. The maximum atomic E-state index is 13.4. The van der Waals surface area contributed by atoms with Gasteiger partial charge in [-0.25, -0.2) is 0 Å². The van der Waals surface area contributed by atoms with Crippen LogP contribution in [0.1, 0.15) is 27.4 Å². The molecule has 6 nitrogen and oxygen atoms in total. The lowest BCUT2D eigenvalue weighted by Gasteiger charge is -2.06. The van der Waals surface area contributed by atoms with E-state index in [1.807, 2.05) is 54.6 Å². The van der Waals surface area contributed by atoms with Gasteiger partial charge in [-0.2, -0.15) is 0 Å². The number of fused-ring (bicyclic) bond motifs is 1. The van der Waals surface area contributed by atoms with Crippen LogP contribution in [0.4, 0.5) is 0 Å². The average Bonchev–Trinajstić information content (AvgIpc) is 3.42. The standard InChI is InChI=1S/C25H17BrN2O4/c1-15-22(23(28-32-15)17-7-9-19(26)10-8-17)24(29)21-12-18-5-2-6-20(25(18)31-21)30-14-16-4-3-11-27-13-16/h2-13H,14H2,1H3. The maximum Gasteiger partial charge on any atom is 0.234 e. The molecule has 0 aliphatic carbocycles. The Labute approximate surface area is 192 Å². The highest BCUT2D eigenvalue weighted by Gasteiger charge is 2.26. The van der Waals surface area contributed by atoms with Crippen LogP contribution in [-0.4, -0.2) is 15.9 Å². The van der Waals surface area contributed by atoms with Gasteiger partial charge in [0.1, 0.15) is 18.1 Å². The van der Waals surface area contributed by atoms with Gasteiger partial charge in [0.15, 0.2) is 17.1 Å². The number of para-hydroxylation sites is 1. The first kappa shape index (κ1) is 20.2. The number of rotatable bonds is 6. The summed E-state index contributed by atoms with van der Waals surface area (Å²) in [6, 6.07) is 18.6. The van der Waals surface area contributed by atoms with E-state index in [4.69, 9.17) is 13.7 Å². The first-order valence-corrected chi connectivity index (χ1v) is 10.7. The average molecular weight is 489 g/mol. The zero-order chi connectivity index (χ0) is 22.1. The highest BCUT2D eigenvalue weighted by molar-refractivity contribution is 9.10. The van der Waals surface area contributed by atoms with Crippen molar-refractivity contribution in [2.24, 2.45) is 0 Å². The lowest BCUT2D eigenvalue weighted by atomic mass is 10.0. The number of pyridine rings is 1. The van der Waals surface area contributed by atoms with E-state index in [0.29, 0.717) is 35.0 Å². The van der Waals surface area contributed by atoms with Crippen molar-refractivity contribution < 1.29 is 18.5 Å². The van der Waals surface area contributed by atoms with E-state index in [0.717, 1.165) is 21.0 Å². The van der Waals surface area contributed by atoms with Gasteiger partial charge in [-0.15, -0.1) is 0 Å². The number of carbonyl (C=O) groups is 1. The molecule has 0 fully saturated rings. The number of aryl methyl sites for hydroxylation is 1. The number of aromatic nitrogens is 2. The van der Waals surface area contributed by atoms with Crippen molar-refractivity contribution in [3.8, 4) is 17.0 Å². The minimum absolute atomic E-state index is 0.196. The van der Waals surface area contributed by atoms with E-state index in [1.54, 1.807) is 25.4 Å². The molecule has 0 aliphatic rings. The summed E-state index contributed by atoms with van der Waals surface area (Å²) in [5, 5.41) is 4.89. The van der Waals surface area contributed by atoms with Crippen molar-refractivity contribution in [2.75, 3.05) is 0 Å². The molecular formula is C25H17BrN2O4. The Balaban J connectivity index is 1.49. The molecule has 5 rings (SSSR count). The highest BCUT2D eigenvalue weighted by atomic mass is 79.9. The molecule has 2 aromatic carbocycles. The molecule has 0 spiro atoms. The van der Waals surface area contributed by atoms with Gasteiger partial charge in [-0.05, 0) is 37.3 Å². The fourth-order valence-corrected chi connectivity index (χ4v) is 3.74. The van der Waals surface area contributed by atoms with Crippen LogP contribution in [-0.2, 0) is 6.61 Å². The van der Waals surface area contributed by atoms with E-state index >= 15 is 0 Å². The number of furan rings is 1. The van der Waals surface area contributed by atoms with Gasteiger partial charge in [0.2, 0.25) is 5.78 Å². The molecule has 0 saturated heterocycles. The quantitative estimate of drug-likeness (QED) is 0.258. The summed E-state index contributed by atoms with van der Waals surface area (Å²) in [5.41, 5.74) is 3.09. The molecule has 0 amide bonds. The van der Waals surface area contributed by atoms with Crippen LogP contribution in [0.5, 0.6) is 5.75 Å². The fraction of sp³-hybridized carbons (Fsp3) is 0.0800. The number of ether oxygens (including phenoxy) is 1. The van der Waals surface area contributed by atoms with Gasteiger partial charge in [0, 0.05) is 33.4 Å². The number of hydrogen-bond donors (Lipinski definition) is 0. The van der Waals surface area contributed by atoms with Crippen LogP contribution in [0.2, 0.25) is 0 Å². The van der Waals surface area contributed by atoms with Crippen molar-refractivity contribution in [3.05, 3.63) is 100 Å². The van der Waals surface area contributed by atoms with E-state index in [1.165, 1.54) is 0 Å². The lowest BCUT2D eigenvalue weighted by molar-refractivity contribution is 0.101. The number of nitrogens with zero attached hydrogens (tertiary/aromatic N) is 2. The second-order valence-electron chi connectivity index (χ2n) is 7.23. The Morgan fingerprint density at radius 1 is 1.09 bits per heavy atom. The third-order valence-electron chi connectivity index (χ3n) is 5.06. The number of halogens is 1. The Bertz CT molecular complexity index is 1410. The minimum Gasteiger partial charge on any atom is -0.485 e. The third kappa shape index (κ3) is 3.83. The zero-order valence-corrected chi connectivity index (χ0v) is 18.6. The van der Waals surface area contributed by atoms with E-state index in [9.17, 15) is 4.79 Å². The molecule has 0 unspecified atom stereocenters. The lowest BCUT2D eigenvalue weighted by Crippen LogP contribution is -2.02. The van der Waals surface area contributed by atoms with Crippen LogP contribution >= 0.6 is 15.9 Å². The fourth-order valence-electron chi connectivity index (χ4n) is 3.47. The first-order valence-electron chi connectivity index (χ1n) is 9.91. The topological polar surface area (TPSA) is 78.4 Å². The van der Waals surface area contributed by atoms with Crippen LogP contribution < -0.4 is 4.74 Å². The number of ketones is 1. The second kappa shape index (κ2) is 8.43. The molecule has 158 valence electrons. The third-order valence-corrected chi connectivity index (χ3v) is 5.59. The van der Waals surface area contributed by atoms with Gasteiger partial charge in [-0.1, -0.05) is 51.4 Å². The monoisotopic (exact) mass is 488 g/mol. The summed E-state index contributed by atoms with van der Waals surface area (Å²) in [4.78, 5) is 17.5. The molecule has 0 aliphatic heterocycles. The van der Waals surface area contributed by atoms with Crippen molar-refractivity contribution in [1.82, 2.24) is 10.1 Å². The van der Waals surface area contributed by atoms with Gasteiger partial charge in [0.25, 0.3) is 0 Å². The maximum absolute atomic E-state index is 13.4. The summed E-state index contributed by atoms with van der Waals surface area (Å²) >= 11 is 3.42. The highest BCUT2D eigenvalue weighted by Crippen LogP contribution is 2.33. The van der Waals surface area contributed by atoms with Crippen molar-refractivity contribution in [1.29, 1.82) is 0 Å². The summed E-state index contributed by atoms with van der Waals surface area (Å²) < 4.78 is 18.2. The van der Waals surface area contributed by atoms with E-state index < -0.39 is 0 Å². The Hall–Kier alpha value is -3.71. The number of carbonyl (C=O) groups excluding carboxylic acids is 1. The van der Waals surface area contributed by atoms with E-state index in [2.05, 4.69) is 26.1 Å². The molecule has 3 heterocycles. The summed E-state index contributed by atoms with van der Waals surface area (Å²) in [5.74, 6) is 0.889. The van der Waals surface area contributed by atoms with Crippen LogP contribution in [0.3, 0.4) is 0 Å². The summed E-state index contributed by atoms with van der Waals surface area (Å²) in [6.07, 6.45) is 3.46. The number of hydrogen-bond acceptors (Lipinski definition) is 6. The molecule has 0 bridgehead atoms. The number of benzene rings is 2. The molecule has 5 aromatic rings. The van der Waals surface area contributed by atoms with Crippen LogP contribution in [0.25, 0.3) is 22.2 Å². The van der Waals surface area contributed by atoms with E-state index in [-0.39, 0.29) is 11.5 Å². The molecular weight excluding hydrogens is 472 g/mol. The molecule has 3 aromatic heterocycles. The molecule has 0 N–H and O–H groups in total. The van der Waals surface area contributed by atoms with Crippen LogP contribution in [0.15, 0.2) is 86.5 Å². The molecule has 0 radical (unpaired) electrons. The molecule has 7 heteroatoms. The second-order valence-corrected chi connectivity index (χ2v) is 8.15. The Kier molecular flexibility index (Phi) is 5.33. The Morgan fingerprint density at radius 2 is 1.94 bits per heavy atom. The van der Waals surface area contributed by atoms with Gasteiger partial charge < -0.3 is 13.7 Å². The van der Waals surface area contributed by atoms with Gasteiger partial charge >= 0.3 is 0 Å². The van der Waals surface area contributed by atoms with Crippen molar-refractivity contribution in [3.63, 3.8) is 0 Å². The predicted molar refractivity (Wildman–Crippen MR) is 123 cm³/mol. The Morgan fingerprint density at radius 3 is 2.72 bits per heavy atom. The molecule has 0 saturated carbocycles.